The largest absolute Gasteiger partial charge is 0.497 e. The van der Waals surface area contributed by atoms with Crippen LogP contribution in [0.2, 0.25) is 0 Å². The van der Waals surface area contributed by atoms with E-state index >= 15 is 0 Å². The molecule has 0 unspecified atom stereocenters. The van der Waals surface area contributed by atoms with Crippen molar-refractivity contribution in [3.63, 3.8) is 0 Å². The first-order valence-electron chi connectivity index (χ1n) is 5.76. The zero-order valence-electron chi connectivity index (χ0n) is 11.4. The molecule has 0 spiro atoms. The van der Waals surface area contributed by atoms with Gasteiger partial charge in [0.05, 0.1) is 7.11 Å². The molecule has 5 heteroatoms. The first-order valence-corrected chi connectivity index (χ1v) is 5.76. The van der Waals surface area contributed by atoms with Gasteiger partial charge in [-0.2, -0.15) is 0 Å². The SMILES string of the molecule is CCNC(=NC)N(C)Cc1ccc(OC)cc1.I. The summed E-state index contributed by atoms with van der Waals surface area (Å²) in [5, 5.41) is 3.23. The van der Waals surface area contributed by atoms with E-state index in [9.17, 15) is 0 Å². The summed E-state index contributed by atoms with van der Waals surface area (Å²) >= 11 is 0. The Morgan fingerprint density at radius 2 is 1.94 bits per heavy atom. The molecule has 0 saturated carbocycles. The maximum Gasteiger partial charge on any atom is 0.193 e. The summed E-state index contributed by atoms with van der Waals surface area (Å²) in [5.74, 6) is 1.79. The van der Waals surface area contributed by atoms with Crippen molar-refractivity contribution in [2.75, 3.05) is 27.7 Å². The number of benzene rings is 1. The summed E-state index contributed by atoms with van der Waals surface area (Å²) in [7, 11) is 5.49. The average Bonchev–Trinajstić information content (AvgIpc) is 2.36. The Balaban J connectivity index is 0.00000289. The highest BCUT2D eigenvalue weighted by atomic mass is 127. The highest BCUT2D eigenvalue weighted by Crippen LogP contribution is 2.12. The third kappa shape index (κ3) is 5.12. The molecule has 1 aromatic rings. The minimum Gasteiger partial charge on any atom is -0.497 e. The van der Waals surface area contributed by atoms with Gasteiger partial charge < -0.3 is 15.0 Å². The maximum absolute atomic E-state index is 5.13. The standard InChI is InChI=1S/C13H21N3O.HI/c1-5-15-13(14-2)16(3)10-11-6-8-12(17-4)9-7-11;/h6-9H,5,10H2,1-4H3,(H,14,15);1H. The lowest BCUT2D eigenvalue weighted by Gasteiger charge is -2.21. The van der Waals surface area contributed by atoms with Crippen molar-refractivity contribution in [1.82, 2.24) is 10.2 Å². The van der Waals surface area contributed by atoms with Crippen molar-refractivity contribution >= 4 is 29.9 Å². The van der Waals surface area contributed by atoms with E-state index in [0.717, 1.165) is 24.8 Å². The molecular formula is C13H22IN3O. The molecule has 18 heavy (non-hydrogen) atoms. The minimum absolute atomic E-state index is 0. The summed E-state index contributed by atoms with van der Waals surface area (Å²) in [6.45, 7) is 3.76. The molecule has 0 fully saturated rings. The molecule has 0 radical (unpaired) electrons. The summed E-state index contributed by atoms with van der Waals surface area (Å²) in [4.78, 5) is 6.30. The molecule has 0 aliphatic carbocycles. The molecule has 0 saturated heterocycles. The number of guanidine groups is 1. The Labute approximate surface area is 126 Å². The molecule has 0 bridgehead atoms. The smallest absolute Gasteiger partial charge is 0.193 e. The van der Waals surface area contributed by atoms with Crippen LogP contribution in [0.4, 0.5) is 0 Å². The van der Waals surface area contributed by atoms with Gasteiger partial charge in [-0.1, -0.05) is 12.1 Å². The van der Waals surface area contributed by atoms with E-state index in [1.54, 1.807) is 14.2 Å². The number of nitrogens with one attached hydrogen (secondary N) is 1. The second-order valence-corrected chi connectivity index (χ2v) is 3.78. The van der Waals surface area contributed by atoms with Gasteiger partial charge in [-0.05, 0) is 24.6 Å². The van der Waals surface area contributed by atoms with Crippen LogP contribution in [0.25, 0.3) is 0 Å². The second kappa shape index (κ2) is 9.02. The van der Waals surface area contributed by atoms with Crippen LogP contribution >= 0.6 is 24.0 Å². The van der Waals surface area contributed by atoms with Crippen LogP contribution in [0.3, 0.4) is 0 Å². The fourth-order valence-electron chi connectivity index (χ4n) is 1.62. The monoisotopic (exact) mass is 363 g/mol. The molecule has 102 valence electrons. The molecule has 1 aromatic carbocycles. The van der Waals surface area contributed by atoms with Gasteiger partial charge >= 0.3 is 0 Å². The Bertz CT molecular complexity index is 365. The van der Waals surface area contributed by atoms with Crippen LogP contribution in [-0.2, 0) is 6.54 Å². The lowest BCUT2D eigenvalue weighted by atomic mass is 10.2. The molecule has 0 heterocycles. The normalized spacial score (nSPS) is 10.6. The minimum atomic E-state index is 0. The van der Waals surface area contributed by atoms with Crippen LogP contribution in [0.5, 0.6) is 5.75 Å². The molecule has 0 aromatic heterocycles. The summed E-state index contributed by atoms with van der Waals surface area (Å²) < 4.78 is 5.13. The van der Waals surface area contributed by atoms with Crippen LogP contribution in [0.1, 0.15) is 12.5 Å². The third-order valence-electron chi connectivity index (χ3n) is 2.49. The molecule has 0 aliphatic heterocycles. The van der Waals surface area contributed by atoms with Gasteiger partial charge in [-0.25, -0.2) is 0 Å². The fourth-order valence-corrected chi connectivity index (χ4v) is 1.62. The number of hydrogen-bond acceptors (Lipinski definition) is 2. The van der Waals surface area contributed by atoms with Gasteiger partial charge in [0, 0.05) is 27.2 Å². The Kier molecular flexibility index (Phi) is 8.53. The number of methoxy groups -OCH3 is 1. The van der Waals surface area contributed by atoms with Gasteiger partial charge in [0.15, 0.2) is 5.96 Å². The molecular weight excluding hydrogens is 341 g/mol. The molecule has 1 rings (SSSR count). The predicted molar refractivity (Wildman–Crippen MR) is 86.9 cm³/mol. The highest BCUT2D eigenvalue weighted by Gasteiger charge is 2.05. The quantitative estimate of drug-likeness (QED) is 0.507. The van der Waals surface area contributed by atoms with Crippen molar-refractivity contribution in [3.05, 3.63) is 29.8 Å². The van der Waals surface area contributed by atoms with E-state index in [1.165, 1.54) is 5.56 Å². The van der Waals surface area contributed by atoms with Gasteiger partial charge in [0.25, 0.3) is 0 Å². The van der Waals surface area contributed by atoms with Crippen molar-refractivity contribution in [3.8, 4) is 5.75 Å². The Morgan fingerprint density at radius 1 is 1.33 bits per heavy atom. The van der Waals surface area contributed by atoms with Gasteiger partial charge in [-0.3, -0.25) is 4.99 Å². The maximum atomic E-state index is 5.13. The van der Waals surface area contributed by atoms with E-state index in [-0.39, 0.29) is 24.0 Å². The summed E-state index contributed by atoms with van der Waals surface area (Å²) in [6.07, 6.45) is 0. The third-order valence-corrected chi connectivity index (χ3v) is 2.49. The second-order valence-electron chi connectivity index (χ2n) is 3.78. The average molecular weight is 363 g/mol. The number of rotatable bonds is 4. The summed E-state index contributed by atoms with van der Waals surface area (Å²) in [6, 6.07) is 8.07. The number of ether oxygens (including phenoxy) is 1. The Hall–Kier alpha value is -0.980. The van der Waals surface area contributed by atoms with E-state index < -0.39 is 0 Å². The van der Waals surface area contributed by atoms with Crippen molar-refractivity contribution in [2.45, 2.75) is 13.5 Å². The van der Waals surface area contributed by atoms with Crippen LogP contribution < -0.4 is 10.1 Å². The zero-order chi connectivity index (χ0) is 12.7. The van der Waals surface area contributed by atoms with Crippen LogP contribution in [0.15, 0.2) is 29.3 Å². The Morgan fingerprint density at radius 3 is 2.39 bits per heavy atom. The van der Waals surface area contributed by atoms with Crippen molar-refractivity contribution in [2.24, 2.45) is 4.99 Å². The number of nitrogens with zero attached hydrogens (tertiary/aromatic N) is 2. The van der Waals surface area contributed by atoms with Crippen molar-refractivity contribution < 1.29 is 4.74 Å². The first-order chi connectivity index (χ1) is 8.21. The van der Waals surface area contributed by atoms with E-state index in [0.29, 0.717) is 0 Å². The molecule has 4 nitrogen and oxygen atoms in total. The predicted octanol–water partition coefficient (Wildman–Crippen LogP) is 2.34. The van der Waals surface area contributed by atoms with Gasteiger partial charge in [0.1, 0.15) is 5.75 Å². The van der Waals surface area contributed by atoms with Crippen LogP contribution in [-0.4, -0.2) is 38.6 Å². The van der Waals surface area contributed by atoms with E-state index in [4.69, 9.17) is 4.74 Å². The van der Waals surface area contributed by atoms with E-state index in [1.807, 2.05) is 19.2 Å². The zero-order valence-corrected chi connectivity index (χ0v) is 13.8. The van der Waals surface area contributed by atoms with Crippen molar-refractivity contribution in [1.29, 1.82) is 0 Å². The summed E-state index contributed by atoms with van der Waals surface area (Å²) in [5.41, 5.74) is 1.23. The first kappa shape index (κ1) is 17.0. The van der Waals surface area contributed by atoms with Gasteiger partial charge in [-0.15, -0.1) is 24.0 Å². The number of aliphatic imine (C=N–C) groups is 1. The lowest BCUT2D eigenvalue weighted by molar-refractivity contribution is 0.414. The van der Waals surface area contributed by atoms with E-state index in [2.05, 4.69) is 34.3 Å². The molecule has 0 amide bonds. The molecule has 1 N–H and O–H groups in total. The topological polar surface area (TPSA) is 36.9 Å². The molecule has 0 aliphatic rings. The highest BCUT2D eigenvalue weighted by molar-refractivity contribution is 14.0. The van der Waals surface area contributed by atoms with Gasteiger partial charge in [0.2, 0.25) is 0 Å². The fraction of sp³-hybridized carbons (Fsp3) is 0.462. The number of halogens is 1. The molecule has 0 atom stereocenters. The lowest BCUT2D eigenvalue weighted by Crippen LogP contribution is -2.38. The van der Waals surface area contributed by atoms with Crippen LogP contribution in [0, 0.1) is 0 Å². The number of hydrogen-bond donors (Lipinski definition) is 1.